The molecule has 1 N–H and O–H groups in total. The van der Waals surface area contributed by atoms with Gasteiger partial charge in [0.2, 0.25) is 5.82 Å². The minimum absolute atomic E-state index is 0.0507. The summed E-state index contributed by atoms with van der Waals surface area (Å²) in [6.45, 7) is 0. The van der Waals surface area contributed by atoms with Crippen LogP contribution < -0.4 is 5.32 Å². The number of nitrogens with zero attached hydrogens (tertiary/aromatic N) is 2. The van der Waals surface area contributed by atoms with E-state index >= 15 is 0 Å². The van der Waals surface area contributed by atoms with Gasteiger partial charge in [0.1, 0.15) is 0 Å². The van der Waals surface area contributed by atoms with E-state index in [0.29, 0.717) is 16.7 Å². The van der Waals surface area contributed by atoms with Gasteiger partial charge in [0.05, 0.1) is 22.2 Å². The molecular formula is C22H11F8N3O. The molecule has 4 nitrogen and oxygen atoms in total. The van der Waals surface area contributed by atoms with Crippen molar-refractivity contribution in [2.45, 2.75) is 12.4 Å². The standard InChI is InChI=1S/C22H11F8N3O/c23-15-3-1-2-14(18(15)24)19(34)31-12-5-7-13(8-6-12)33-17-9-4-11(21(25,26)27)10-16(17)32-20(33)22(28,29)30/h1-10H,(H,31,34). The first-order valence-electron chi connectivity index (χ1n) is 9.39. The molecule has 4 aromatic rings. The molecule has 12 heteroatoms. The molecule has 0 aliphatic carbocycles. The molecule has 0 saturated carbocycles. The predicted molar refractivity (Wildman–Crippen MR) is 105 cm³/mol. The maximum atomic E-state index is 13.8. The number of benzene rings is 3. The number of hydrogen-bond donors (Lipinski definition) is 1. The summed E-state index contributed by atoms with van der Waals surface area (Å²) in [6.07, 6.45) is -9.75. The zero-order valence-corrected chi connectivity index (χ0v) is 16.6. The van der Waals surface area contributed by atoms with Crippen molar-refractivity contribution in [1.82, 2.24) is 9.55 Å². The summed E-state index contributed by atoms with van der Waals surface area (Å²) in [4.78, 5) is 15.6. The summed E-state index contributed by atoms with van der Waals surface area (Å²) < 4.78 is 107. The molecule has 0 aliphatic heterocycles. The number of rotatable bonds is 3. The monoisotopic (exact) mass is 485 g/mol. The molecule has 0 spiro atoms. The number of carbonyl (C=O) groups is 1. The molecule has 3 aromatic carbocycles. The highest BCUT2D eigenvalue weighted by Crippen LogP contribution is 2.36. The number of anilines is 1. The van der Waals surface area contributed by atoms with E-state index in [0.717, 1.165) is 36.4 Å². The first-order chi connectivity index (χ1) is 15.9. The number of carbonyl (C=O) groups excluding carboxylic acids is 1. The van der Waals surface area contributed by atoms with Gasteiger partial charge in [-0.2, -0.15) is 26.3 Å². The van der Waals surface area contributed by atoms with Crippen molar-refractivity contribution in [3.63, 3.8) is 0 Å². The largest absolute Gasteiger partial charge is 0.450 e. The van der Waals surface area contributed by atoms with E-state index in [1.54, 1.807) is 0 Å². The lowest BCUT2D eigenvalue weighted by molar-refractivity contribution is -0.145. The van der Waals surface area contributed by atoms with E-state index in [9.17, 15) is 39.9 Å². The predicted octanol–water partition coefficient (Wildman–Crippen LogP) is 6.59. The summed E-state index contributed by atoms with van der Waals surface area (Å²) in [6, 6.07) is 9.74. The lowest BCUT2D eigenvalue weighted by atomic mass is 10.1. The second kappa shape index (κ2) is 8.12. The third-order valence-electron chi connectivity index (χ3n) is 4.81. The Morgan fingerprint density at radius 3 is 2.15 bits per heavy atom. The zero-order valence-electron chi connectivity index (χ0n) is 16.6. The fraction of sp³-hybridized carbons (Fsp3) is 0.0909. The van der Waals surface area contributed by atoms with Crippen LogP contribution in [0.4, 0.5) is 40.8 Å². The second-order valence-electron chi connectivity index (χ2n) is 7.07. The van der Waals surface area contributed by atoms with Crippen LogP contribution in [-0.4, -0.2) is 15.5 Å². The lowest BCUT2D eigenvalue weighted by Crippen LogP contribution is -2.15. The van der Waals surface area contributed by atoms with E-state index in [2.05, 4.69) is 10.3 Å². The summed E-state index contributed by atoms with van der Waals surface area (Å²) in [5.41, 5.74) is -2.52. The second-order valence-corrected chi connectivity index (χ2v) is 7.07. The van der Waals surface area contributed by atoms with Gasteiger partial charge in [-0.3, -0.25) is 9.36 Å². The van der Waals surface area contributed by atoms with Crippen molar-refractivity contribution in [3.05, 3.63) is 89.2 Å². The third-order valence-corrected chi connectivity index (χ3v) is 4.81. The molecule has 1 amide bonds. The highest BCUT2D eigenvalue weighted by atomic mass is 19.4. The normalized spacial score (nSPS) is 12.2. The van der Waals surface area contributed by atoms with Gasteiger partial charge in [-0.1, -0.05) is 6.07 Å². The fourth-order valence-electron chi connectivity index (χ4n) is 3.28. The Morgan fingerprint density at radius 1 is 0.853 bits per heavy atom. The van der Waals surface area contributed by atoms with Crippen LogP contribution in [0.25, 0.3) is 16.7 Å². The molecule has 0 radical (unpaired) electrons. The average Bonchev–Trinajstić information content (AvgIpc) is 3.15. The molecule has 0 saturated heterocycles. The van der Waals surface area contributed by atoms with Gasteiger partial charge in [0.25, 0.3) is 5.91 Å². The molecule has 176 valence electrons. The van der Waals surface area contributed by atoms with Crippen LogP contribution in [0.2, 0.25) is 0 Å². The quantitative estimate of drug-likeness (QED) is 0.333. The third kappa shape index (κ3) is 4.30. The highest BCUT2D eigenvalue weighted by Gasteiger charge is 2.39. The Hall–Kier alpha value is -3.96. The maximum absolute atomic E-state index is 13.8. The summed E-state index contributed by atoms with van der Waals surface area (Å²) in [5, 5.41) is 2.29. The van der Waals surface area contributed by atoms with E-state index in [4.69, 9.17) is 0 Å². The van der Waals surface area contributed by atoms with Crippen molar-refractivity contribution in [2.75, 3.05) is 5.32 Å². The molecule has 1 heterocycles. The highest BCUT2D eigenvalue weighted by molar-refractivity contribution is 6.04. The molecule has 34 heavy (non-hydrogen) atoms. The molecule has 0 unspecified atom stereocenters. The van der Waals surface area contributed by atoms with Crippen molar-refractivity contribution in [1.29, 1.82) is 0 Å². The smallest absolute Gasteiger partial charge is 0.322 e. The van der Waals surface area contributed by atoms with Gasteiger partial charge in [-0.05, 0) is 54.6 Å². The number of fused-ring (bicyclic) bond motifs is 1. The number of alkyl halides is 6. The minimum Gasteiger partial charge on any atom is -0.322 e. The van der Waals surface area contributed by atoms with Crippen LogP contribution >= 0.6 is 0 Å². The van der Waals surface area contributed by atoms with Crippen molar-refractivity contribution in [3.8, 4) is 5.69 Å². The molecule has 0 atom stereocenters. The van der Waals surface area contributed by atoms with Crippen LogP contribution in [0.3, 0.4) is 0 Å². The van der Waals surface area contributed by atoms with Gasteiger partial charge >= 0.3 is 12.4 Å². The lowest BCUT2D eigenvalue weighted by Gasteiger charge is -2.13. The number of hydrogen-bond acceptors (Lipinski definition) is 2. The van der Waals surface area contributed by atoms with E-state index < -0.39 is 52.4 Å². The van der Waals surface area contributed by atoms with Crippen LogP contribution in [0.15, 0.2) is 60.7 Å². The van der Waals surface area contributed by atoms with Crippen LogP contribution in [0, 0.1) is 11.6 Å². The average molecular weight is 485 g/mol. The van der Waals surface area contributed by atoms with Gasteiger partial charge in [0.15, 0.2) is 11.6 Å². The van der Waals surface area contributed by atoms with Crippen LogP contribution in [-0.2, 0) is 12.4 Å². The fourth-order valence-corrected chi connectivity index (χ4v) is 3.28. The van der Waals surface area contributed by atoms with Gasteiger partial charge in [-0.25, -0.2) is 13.8 Å². The van der Waals surface area contributed by atoms with Crippen molar-refractivity contribution < 1.29 is 39.9 Å². The molecule has 0 fully saturated rings. The number of imidazole rings is 1. The van der Waals surface area contributed by atoms with E-state index in [-0.39, 0.29) is 16.9 Å². The Balaban J connectivity index is 1.72. The summed E-state index contributed by atoms with van der Waals surface area (Å²) >= 11 is 0. The number of amides is 1. The number of aromatic nitrogens is 2. The Morgan fingerprint density at radius 2 is 1.53 bits per heavy atom. The Bertz CT molecular complexity index is 1390. The van der Waals surface area contributed by atoms with E-state index in [1.165, 1.54) is 12.1 Å². The first kappa shape index (κ1) is 23.2. The summed E-state index contributed by atoms with van der Waals surface area (Å²) in [7, 11) is 0. The SMILES string of the molecule is O=C(Nc1ccc(-n2c(C(F)(F)F)nc3cc(C(F)(F)F)ccc32)cc1)c1cccc(F)c1F. The Kier molecular flexibility index (Phi) is 5.54. The molecule has 4 rings (SSSR count). The molecule has 0 bridgehead atoms. The summed E-state index contributed by atoms with van der Waals surface area (Å²) in [5.74, 6) is -5.04. The topological polar surface area (TPSA) is 46.9 Å². The van der Waals surface area contributed by atoms with Gasteiger partial charge in [-0.15, -0.1) is 0 Å². The van der Waals surface area contributed by atoms with Crippen LogP contribution in [0.1, 0.15) is 21.7 Å². The van der Waals surface area contributed by atoms with Crippen LogP contribution in [0.5, 0.6) is 0 Å². The molecular weight excluding hydrogens is 474 g/mol. The maximum Gasteiger partial charge on any atom is 0.450 e. The zero-order chi connectivity index (χ0) is 24.8. The van der Waals surface area contributed by atoms with E-state index in [1.807, 2.05) is 0 Å². The first-order valence-corrected chi connectivity index (χ1v) is 9.39. The number of nitrogens with one attached hydrogen (secondary N) is 1. The van der Waals surface area contributed by atoms with Crippen molar-refractivity contribution in [2.24, 2.45) is 0 Å². The minimum atomic E-state index is -4.99. The molecule has 0 aliphatic rings. The van der Waals surface area contributed by atoms with Gasteiger partial charge in [0, 0.05) is 11.4 Å². The van der Waals surface area contributed by atoms with Crippen molar-refractivity contribution >= 4 is 22.6 Å². The number of halogens is 8. The molecule has 1 aromatic heterocycles. The van der Waals surface area contributed by atoms with Gasteiger partial charge < -0.3 is 5.32 Å². The Labute approximate surface area is 185 Å².